The first-order chi connectivity index (χ1) is 1.00. The molecular weight excluding hydrogens is 124 g/mol. The Hall–Kier alpha value is -0.500. The summed E-state index contributed by atoms with van der Waals surface area (Å²) in [6.45, 7) is 4.50. The van der Waals surface area contributed by atoms with Gasteiger partial charge in [0.15, 0.2) is 0 Å². The van der Waals surface area contributed by atoms with Gasteiger partial charge in [-0.25, -0.2) is 0 Å². The third kappa shape index (κ3) is 446. The zero-order valence-electron chi connectivity index (χ0n) is 3.91. The number of hydrogen-bond acceptors (Lipinski definition) is 0. The van der Waals surface area contributed by atoms with E-state index in [1.165, 1.54) is 0 Å². The molecule has 0 saturated carbocycles. The minimum absolute atomic E-state index is 0. The second-order valence-corrected chi connectivity index (χ2v) is 0. The van der Waals surface area contributed by atoms with E-state index in [2.05, 4.69) is 6.65 Å². The Morgan fingerprint density at radius 1 is 0.500 bits per heavy atom. The van der Waals surface area contributed by atoms with Crippen molar-refractivity contribution in [2.24, 2.45) is 0 Å². The molecule has 0 aromatic heterocycles. The van der Waals surface area contributed by atoms with Gasteiger partial charge in [-0.3, -0.25) is 0 Å². The van der Waals surface area contributed by atoms with Crippen molar-refractivity contribution >= 4 is 0 Å². The molecule has 0 fully saturated rings. The molecule has 0 aliphatic rings. The summed E-state index contributed by atoms with van der Waals surface area (Å²) in [6, 6.07) is 0. The third-order valence-corrected chi connectivity index (χ3v) is 0. The topological polar surface area (TPSA) is 209 Å². The van der Waals surface area contributed by atoms with Crippen molar-refractivity contribution in [3.8, 4) is 0 Å². The fraction of sp³-hybridized carbons (Fsp3) is 0. The van der Waals surface area contributed by atoms with Crippen LogP contribution in [0.25, 0.3) is 0 Å². The molecule has 0 bridgehead atoms. The van der Waals surface area contributed by atoms with Crippen LogP contribution in [0.3, 0.4) is 0 Å². The summed E-state index contributed by atoms with van der Waals surface area (Å²) in [5.74, 6) is 0. The van der Waals surface area contributed by atoms with Gasteiger partial charge in [0.05, 0.1) is 0 Å². The Morgan fingerprint density at radius 2 is 0.500 bits per heavy atom. The summed E-state index contributed by atoms with van der Waals surface area (Å²) in [7, 11) is 0. The van der Waals surface area contributed by atoms with E-state index in [0.29, 0.717) is 0 Å². The van der Waals surface area contributed by atoms with E-state index in [0.717, 1.165) is 0 Å². The van der Waals surface area contributed by atoms with E-state index in [4.69, 9.17) is 4.65 Å². The standard InChI is InChI=1S/CO.6H2O/c1-2;;;;;;/h;6*1H2. The molecule has 0 radical (unpaired) electrons. The Bertz CT molecular complexity index is 9.10. The molecule has 58 valence electrons. The van der Waals surface area contributed by atoms with Gasteiger partial charge in [0.1, 0.15) is 0 Å². The first-order valence-corrected chi connectivity index (χ1v) is 0.204. The van der Waals surface area contributed by atoms with Crippen LogP contribution in [0.5, 0.6) is 0 Å². The van der Waals surface area contributed by atoms with Gasteiger partial charge in [-0.05, 0) is 0 Å². The molecule has 0 rings (SSSR count). The van der Waals surface area contributed by atoms with Gasteiger partial charge < -0.3 is 32.9 Å². The molecule has 7 nitrogen and oxygen atoms in total. The van der Waals surface area contributed by atoms with Crippen LogP contribution >= 0.6 is 0 Å². The monoisotopic (exact) mass is 136 g/mol. The summed E-state index contributed by atoms with van der Waals surface area (Å²) in [6.07, 6.45) is 0. The summed E-state index contributed by atoms with van der Waals surface area (Å²) in [4.78, 5) is 0. The fourth-order valence-corrected chi connectivity index (χ4v) is 0. The average Bonchev–Trinajstić information content (AvgIpc) is 1.00. The summed E-state index contributed by atoms with van der Waals surface area (Å²) in [5.41, 5.74) is 0. The van der Waals surface area contributed by atoms with Crippen molar-refractivity contribution < 1.29 is 37.5 Å². The quantitative estimate of drug-likeness (QED) is 0.226. The maximum absolute atomic E-state index is 7.50. The van der Waals surface area contributed by atoms with Crippen LogP contribution in [0, 0.1) is 6.65 Å². The van der Waals surface area contributed by atoms with Crippen molar-refractivity contribution in [1.82, 2.24) is 0 Å². The van der Waals surface area contributed by atoms with Gasteiger partial charge in [-0.15, -0.1) is 0 Å². The second kappa shape index (κ2) is 786. The van der Waals surface area contributed by atoms with Gasteiger partial charge in [-0.2, -0.15) is 0 Å². The van der Waals surface area contributed by atoms with Crippen molar-refractivity contribution in [2.45, 2.75) is 0 Å². The van der Waals surface area contributed by atoms with Crippen LogP contribution in [0.1, 0.15) is 0 Å². The van der Waals surface area contributed by atoms with E-state index in [1.54, 1.807) is 0 Å². The molecule has 0 saturated heterocycles. The van der Waals surface area contributed by atoms with Crippen LogP contribution in [0.4, 0.5) is 0 Å². The molecule has 0 spiro atoms. The van der Waals surface area contributed by atoms with Gasteiger partial charge in [0, 0.05) is 0 Å². The van der Waals surface area contributed by atoms with E-state index in [1.807, 2.05) is 0 Å². The van der Waals surface area contributed by atoms with Gasteiger partial charge in [0.2, 0.25) is 0 Å². The SMILES string of the molecule is O.O.O.O.O.O.[C-]#[O+]. The normalized spacial score (nSPS) is 0.250. The van der Waals surface area contributed by atoms with Crippen LogP contribution in [0.15, 0.2) is 0 Å². The first-order valence-electron chi connectivity index (χ1n) is 0.204. The van der Waals surface area contributed by atoms with Crippen LogP contribution in [-0.4, -0.2) is 32.9 Å². The van der Waals surface area contributed by atoms with Gasteiger partial charge in [0.25, 0.3) is 0 Å². The van der Waals surface area contributed by atoms with Crippen molar-refractivity contribution in [3.63, 3.8) is 0 Å². The third-order valence-electron chi connectivity index (χ3n) is 0. The minimum atomic E-state index is 0. The molecule has 0 unspecified atom stereocenters. The van der Waals surface area contributed by atoms with Gasteiger partial charge >= 0.3 is 11.3 Å². The molecule has 8 heavy (non-hydrogen) atoms. The summed E-state index contributed by atoms with van der Waals surface area (Å²) >= 11 is 0. The van der Waals surface area contributed by atoms with Crippen molar-refractivity contribution in [3.05, 3.63) is 6.65 Å². The zero-order chi connectivity index (χ0) is 2.00. The predicted molar refractivity (Wildman–Crippen MR) is 25.6 cm³/mol. The molecule has 0 heterocycles. The molecule has 0 aliphatic carbocycles. The van der Waals surface area contributed by atoms with E-state index in [9.17, 15) is 0 Å². The Labute approximate surface area is 45.5 Å². The van der Waals surface area contributed by atoms with Crippen LogP contribution in [0.2, 0.25) is 0 Å². The predicted octanol–water partition coefficient (Wildman–Crippen LogP) is -4.99. The van der Waals surface area contributed by atoms with E-state index < -0.39 is 0 Å². The molecule has 12 N–H and O–H groups in total. The Morgan fingerprint density at radius 3 is 0.500 bits per heavy atom. The van der Waals surface area contributed by atoms with Crippen LogP contribution < -0.4 is 0 Å². The molecule has 0 aromatic rings. The molecular formula is CH12O7. The summed E-state index contributed by atoms with van der Waals surface area (Å²) in [5, 5.41) is 0. The van der Waals surface area contributed by atoms with E-state index >= 15 is 0 Å². The molecule has 0 amide bonds. The number of rotatable bonds is 0. The Kier molecular flexibility index (Phi) is 125000. The van der Waals surface area contributed by atoms with Crippen LogP contribution in [-0.2, 0) is 4.65 Å². The molecule has 7 heteroatoms. The summed E-state index contributed by atoms with van der Waals surface area (Å²) < 4.78 is 7.50. The second-order valence-electron chi connectivity index (χ2n) is 0. The van der Waals surface area contributed by atoms with E-state index in [-0.39, 0.29) is 32.9 Å². The fourth-order valence-electron chi connectivity index (χ4n) is 0. The van der Waals surface area contributed by atoms with Crippen molar-refractivity contribution in [2.75, 3.05) is 0 Å². The average molecular weight is 136 g/mol. The van der Waals surface area contributed by atoms with Gasteiger partial charge in [-0.1, -0.05) is 0 Å². The maximum atomic E-state index is 7.50. The molecule has 0 atom stereocenters. The molecule has 0 aromatic carbocycles. The Balaban J connectivity index is -0.000000000333. The number of hydrogen-bond donors (Lipinski definition) is 0. The zero-order valence-corrected chi connectivity index (χ0v) is 3.91. The molecule has 0 aliphatic heterocycles. The first kappa shape index (κ1) is 1270. The van der Waals surface area contributed by atoms with Crippen molar-refractivity contribution in [1.29, 1.82) is 0 Å².